The first kappa shape index (κ1) is 16.8. The molecule has 1 saturated heterocycles. The number of aromatic nitrogens is 4. The summed E-state index contributed by atoms with van der Waals surface area (Å²) in [5, 5.41) is 4.34. The quantitative estimate of drug-likeness (QED) is 0.810. The summed E-state index contributed by atoms with van der Waals surface area (Å²) in [6.07, 6.45) is 6.16. The summed E-state index contributed by atoms with van der Waals surface area (Å²) >= 11 is 0. The average Bonchev–Trinajstić information content (AvgIpc) is 2.97. The Kier molecular flexibility index (Phi) is 4.05. The fraction of sp³-hybridized carbons (Fsp3) is 0.438. The van der Waals surface area contributed by atoms with Gasteiger partial charge < -0.3 is 9.31 Å². The van der Waals surface area contributed by atoms with Gasteiger partial charge in [-0.15, -0.1) is 0 Å². The van der Waals surface area contributed by atoms with Gasteiger partial charge in [-0.1, -0.05) is 0 Å². The first-order valence-electron chi connectivity index (χ1n) is 7.73. The third kappa shape index (κ3) is 2.99. The molecule has 2 aromatic rings. The van der Waals surface area contributed by atoms with Gasteiger partial charge in [0.2, 0.25) is 0 Å². The van der Waals surface area contributed by atoms with Crippen LogP contribution in [0.15, 0.2) is 30.4 Å². The molecule has 1 fully saturated rings. The monoisotopic (exact) mass is 330 g/mol. The van der Waals surface area contributed by atoms with Gasteiger partial charge in [0.05, 0.1) is 23.1 Å². The molecule has 0 spiro atoms. The molecular formula is C16H20BFN4O2. The zero-order chi connectivity index (χ0) is 17.5. The number of halogens is 1. The van der Waals surface area contributed by atoms with Crippen LogP contribution >= 0.6 is 0 Å². The molecule has 0 aromatic carbocycles. The van der Waals surface area contributed by atoms with Gasteiger partial charge in [0, 0.05) is 19.4 Å². The standard InChI is InChI=1S/C16H20BFN4O2/c1-15(2)16(3,4)24-17(23-15)14(18)9-11-8-12(21-22(11)5)13-10-19-6-7-20-13/h6-10H,1-5H3. The highest BCUT2D eigenvalue weighted by molar-refractivity contribution is 6.54. The molecule has 0 unspecified atom stereocenters. The van der Waals surface area contributed by atoms with Crippen LogP contribution in [0.1, 0.15) is 33.4 Å². The normalized spacial score (nSPS) is 19.8. The lowest BCUT2D eigenvalue weighted by Crippen LogP contribution is -2.41. The lowest BCUT2D eigenvalue weighted by Gasteiger charge is -2.32. The molecule has 24 heavy (non-hydrogen) atoms. The number of aryl methyl sites for hydroxylation is 1. The summed E-state index contributed by atoms with van der Waals surface area (Å²) in [7, 11) is 0.716. The topological polar surface area (TPSA) is 62.1 Å². The van der Waals surface area contributed by atoms with E-state index in [2.05, 4.69) is 15.1 Å². The van der Waals surface area contributed by atoms with Crippen molar-refractivity contribution in [1.82, 2.24) is 19.7 Å². The minimum Gasteiger partial charge on any atom is -0.398 e. The highest BCUT2D eigenvalue weighted by Crippen LogP contribution is 2.39. The Labute approximate surface area is 140 Å². The summed E-state index contributed by atoms with van der Waals surface area (Å²) in [4.78, 5) is 8.21. The van der Waals surface area contributed by atoms with E-state index >= 15 is 0 Å². The first-order valence-corrected chi connectivity index (χ1v) is 7.73. The van der Waals surface area contributed by atoms with Crippen LogP contribution in [0.4, 0.5) is 4.39 Å². The fourth-order valence-corrected chi connectivity index (χ4v) is 2.34. The molecule has 0 radical (unpaired) electrons. The van der Waals surface area contributed by atoms with Gasteiger partial charge in [0.15, 0.2) is 0 Å². The van der Waals surface area contributed by atoms with Crippen LogP contribution in [0, 0.1) is 0 Å². The van der Waals surface area contributed by atoms with Crippen molar-refractivity contribution in [1.29, 1.82) is 0 Å². The van der Waals surface area contributed by atoms with E-state index in [-0.39, 0.29) is 0 Å². The molecule has 0 amide bonds. The molecule has 3 rings (SSSR count). The van der Waals surface area contributed by atoms with Crippen molar-refractivity contribution in [2.75, 3.05) is 0 Å². The molecule has 0 N–H and O–H groups in total. The van der Waals surface area contributed by atoms with Crippen LogP contribution in [0.5, 0.6) is 0 Å². The van der Waals surface area contributed by atoms with E-state index in [1.165, 1.54) is 6.08 Å². The smallest absolute Gasteiger partial charge is 0.398 e. The lowest BCUT2D eigenvalue weighted by atomic mass is 9.87. The Morgan fingerprint density at radius 2 is 1.83 bits per heavy atom. The van der Waals surface area contributed by atoms with E-state index < -0.39 is 24.0 Å². The molecule has 3 heterocycles. The SMILES string of the molecule is Cn1nc(-c2cnccn2)cc1C=C(F)B1OC(C)(C)C(C)(C)O1. The van der Waals surface area contributed by atoms with Gasteiger partial charge in [-0.3, -0.25) is 14.6 Å². The number of hydrogen-bond acceptors (Lipinski definition) is 5. The molecule has 1 aliphatic heterocycles. The third-order valence-electron chi connectivity index (χ3n) is 4.51. The fourth-order valence-electron chi connectivity index (χ4n) is 2.34. The molecule has 0 aliphatic carbocycles. The van der Waals surface area contributed by atoms with E-state index in [4.69, 9.17) is 9.31 Å². The van der Waals surface area contributed by atoms with Gasteiger partial charge in [-0.25, -0.2) is 4.39 Å². The summed E-state index contributed by atoms with van der Waals surface area (Å²) in [6, 6.07) is 1.74. The predicted octanol–water partition coefficient (Wildman–Crippen LogP) is 2.82. The van der Waals surface area contributed by atoms with Crippen molar-refractivity contribution < 1.29 is 13.7 Å². The van der Waals surface area contributed by atoms with E-state index in [9.17, 15) is 4.39 Å². The van der Waals surface area contributed by atoms with Crippen molar-refractivity contribution in [3.05, 3.63) is 36.1 Å². The molecule has 126 valence electrons. The Bertz CT molecular complexity index is 758. The number of hydrogen-bond donors (Lipinski definition) is 0. The van der Waals surface area contributed by atoms with Gasteiger partial charge in [0.25, 0.3) is 0 Å². The van der Waals surface area contributed by atoms with Crippen LogP contribution in [-0.2, 0) is 16.4 Å². The maximum absolute atomic E-state index is 14.6. The van der Waals surface area contributed by atoms with E-state index in [1.807, 2.05) is 27.7 Å². The predicted molar refractivity (Wildman–Crippen MR) is 89.4 cm³/mol. The number of rotatable bonds is 3. The Balaban J connectivity index is 1.86. The molecule has 6 nitrogen and oxygen atoms in total. The van der Waals surface area contributed by atoms with E-state index in [0.29, 0.717) is 17.1 Å². The van der Waals surface area contributed by atoms with Gasteiger partial charge in [-0.2, -0.15) is 5.10 Å². The molecule has 2 aromatic heterocycles. The minimum absolute atomic E-state index is 0.498. The first-order chi connectivity index (χ1) is 11.2. The van der Waals surface area contributed by atoms with Crippen molar-refractivity contribution in [2.24, 2.45) is 7.05 Å². The average molecular weight is 330 g/mol. The summed E-state index contributed by atoms with van der Waals surface area (Å²) in [6.45, 7) is 7.54. The van der Waals surface area contributed by atoms with E-state index in [1.54, 1.807) is 36.4 Å². The Morgan fingerprint density at radius 3 is 2.42 bits per heavy atom. The van der Waals surface area contributed by atoms with Crippen LogP contribution in [0.3, 0.4) is 0 Å². The Hall–Kier alpha value is -2.06. The van der Waals surface area contributed by atoms with Crippen molar-refractivity contribution in [3.8, 4) is 11.4 Å². The van der Waals surface area contributed by atoms with Gasteiger partial charge in [-0.05, 0) is 39.8 Å². The van der Waals surface area contributed by atoms with Crippen molar-refractivity contribution in [3.63, 3.8) is 0 Å². The largest absolute Gasteiger partial charge is 0.525 e. The minimum atomic E-state index is -1.02. The lowest BCUT2D eigenvalue weighted by molar-refractivity contribution is 0.00578. The van der Waals surface area contributed by atoms with Crippen LogP contribution in [-0.4, -0.2) is 38.1 Å². The zero-order valence-corrected chi connectivity index (χ0v) is 14.4. The van der Waals surface area contributed by atoms with Crippen LogP contribution in [0.2, 0.25) is 0 Å². The van der Waals surface area contributed by atoms with Gasteiger partial charge in [0.1, 0.15) is 17.1 Å². The summed E-state index contributed by atoms with van der Waals surface area (Å²) in [5.41, 5.74) is 0.174. The zero-order valence-electron chi connectivity index (χ0n) is 14.4. The maximum atomic E-state index is 14.6. The van der Waals surface area contributed by atoms with E-state index in [0.717, 1.165) is 0 Å². The Morgan fingerprint density at radius 1 is 1.17 bits per heavy atom. The van der Waals surface area contributed by atoms with Crippen LogP contribution < -0.4 is 0 Å². The second kappa shape index (κ2) is 5.79. The highest BCUT2D eigenvalue weighted by Gasteiger charge is 2.53. The third-order valence-corrected chi connectivity index (χ3v) is 4.51. The molecule has 0 atom stereocenters. The van der Waals surface area contributed by atoms with Crippen molar-refractivity contribution in [2.45, 2.75) is 38.9 Å². The molecule has 0 bridgehead atoms. The second-order valence-electron chi connectivity index (χ2n) is 6.79. The number of nitrogens with zero attached hydrogens (tertiary/aromatic N) is 4. The van der Waals surface area contributed by atoms with Crippen LogP contribution in [0.25, 0.3) is 17.5 Å². The summed E-state index contributed by atoms with van der Waals surface area (Å²) in [5.74, 6) is 0. The molecule has 1 aliphatic rings. The molecule has 8 heteroatoms. The highest BCUT2D eigenvalue weighted by atomic mass is 19.1. The molecule has 0 saturated carbocycles. The summed E-state index contributed by atoms with van der Waals surface area (Å²) < 4.78 is 27.6. The maximum Gasteiger partial charge on any atom is 0.525 e. The van der Waals surface area contributed by atoms with Gasteiger partial charge >= 0.3 is 7.12 Å². The van der Waals surface area contributed by atoms with Crippen molar-refractivity contribution >= 4 is 13.2 Å². The molecular weight excluding hydrogens is 310 g/mol. The second-order valence-corrected chi connectivity index (χ2v) is 6.79.